The van der Waals surface area contributed by atoms with Gasteiger partial charge in [-0.3, -0.25) is 0 Å². The molecule has 0 atom stereocenters. The second-order valence-electron chi connectivity index (χ2n) is 10.4. The molecule has 1 aliphatic heterocycles. The molecule has 41 heavy (non-hydrogen) atoms. The minimum Gasteiger partial charge on any atom is -0.379 e. The number of ether oxygens (including phenoxy) is 3. The first-order chi connectivity index (χ1) is 20.4. The molecule has 0 radical (unpaired) electrons. The van der Waals surface area contributed by atoms with E-state index in [0.717, 1.165) is 12.8 Å². The minimum absolute atomic E-state index is 0.571. The summed E-state index contributed by atoms with van der Waals surface area (Å²) in [6, 6.07) is 34.6. The van der Waals surface area contributed by atoms with Gasteiger partial charge in [-0.15, -0.1) is 0 Å². The molecule has 4 aromatic heterocycles. The highest BCUT2D eigenvalue weighted by Crippen LogP contribution is 2.46. The summed E-state index contributed by atoms with van der Waals surface area (Å²) in [5.41, 5.74) is 12.3. The Morgan fingerprint density at radius 3 is 1.24 bits per heavy atom. The number of hydrogen-bond donors (Lipinski definition) is 0. The van der Waals surface area contributed by atoms with Gasteiger partial charge in [-0.25, -0.2) is 0 Å². The standard InChI is InChI=1S/C36H34N2O3/c1-3-11-27(12-4-1)33-29-17-21-39-23-25-41-26-24-40-22-18-30-32-16-8-10-20-38(32)36(34(30)28-13-5-2-6-14-28)35(33)37-19-9-7-15-31(29)37/h1-16,19-20H,17-18,21-26H2. The monoisotopic (exact) mass is 542 g/mol. The van der Waals surface area contributed by atoms with Crippen LogP contribution in [-0.2, 0) is 27.1 Å². The van der Waals surface area contributed by atoms with Gasteiger partial charge in [0.2, 0.25) is 0 Å². The number of nitrogens with zero attached hydrogens (tertiary/aromatic N) is 2. The molecule has 7 rings (SSSR count). The normalized spacial score (nSPS) is 15.2. The van der Waals surface area contributed by atoms with E-state index in [1.54, 1.807) is 0 Å². The molecule has 1 aliphatic rings. The van der Waals surface area contributed by atoms with Crippen molar-refractivity contribution in [1.82, 2.24) is 8.80 Å². The lowest BCUT2D eigenvalue weighted by Gasteiger charge is -2.13. The molecule has 0 N–H and O–H groups in total. The van der Waals surface area contributed by atoms with Gasteiger partial charge in [0.25, 0.3) is 0 Å². The van der Waals surface area contributed by atoms with Gasteiger partial charge in [-0.2, -0.15) is 0 Å². The van der Waals surface area contributed by atoms with Crippen LogP contribution < -0.4 is 0 Å². The van der Waals surface area contributed by atoms with E-state index >= 15 is 0 Å². The zero-order chi connectivity index (χ0) is 27.4. The van der Waals surface area contributed by atoms with Crippen LogP contribution in [0.1, 0.15) is 11.1 Å². The molecule has 0 saturated heterocycles. The van der Waals surface area contributed by atoms with Crippen LogP contribution in [0.15, 0.2) is 109 Å². The van der Waals surface area contributed by atoms with Gasteiger partial charge in [-0.1, -0.05) is 72.8 Å². The van der Waals surface area contributed by atoms with Crippen molar-refractivity contribution >= 4 is 11.0 Å². The van der Waals surface area contributed by atoms with Crippen LogP contribution >= 0.6 is 0 Å². The fraction of sp³-hybridized carbons (Fsp3) is 0.222. The Bertz CT molecular complexity index is 1640. The smallest absolute Gasteiger partial charge is 0.0786 e. The van der Waals surface area contributed by atoms with Crippen molar-refractivity contribution in [3.8, 4) is 33.6 Å². The summed E-state index contributed by atoms with van der Waals surface area (Å²) in [6.45, 7) is 3.54. The first kappa shape index (κ1) is 25.8. The van der Waals surface area contributed by atoms with E-state index in [0.29, 0.717) is 39.6 Å². The molecule has 5 heterocycles. The molecule has 0 fully saturated rings. The Hall–Kier alpha value is -4.16. The van der Waals surface area contributed by atoms with Gasteiger partial charge in [0.15, 0.2) is 0 Å². The highest BCUT2D eigenvalue weighted by atomic mass is 16.5. The topological polar surface area (TPSA) is 36.5 Å². The van der Waals surface area contributed by atoms with Crippen molar-refractivity contribution in [1.29, 1.82) is 0 Å². The number of aromatic nitrogens is 2. The average Bonchev–Trinajstić information content (AvgIpc) is 3.52. The van der Waals surface area contributed by atoms with Gasteiger partial charge in [0.05, 0.1) is 51.0 Å². The van der Waals surface area contributed by atoms with E-state index in [-0.39, 0.29) is 0 Å². The molecule has 0 unspecified atom stereocenters. The van der Waals surface area contributed by atoms with E-state index < -0.39 is 0 Å². The van der Waals surface area contributed by atoms with Crippen LogP contribution in [0.2, 0.25) is 0 Å². The first-order valence-corrected chi connectivity index (χ1v) is 14.5. The Morgan fingerprint density at radius 1 is 0.415 bits per heavy atom. The van der Waals surface area contributed by atoms with Gasteiger partial charge in [0.1, 0.15) is 0 Å². The summed E-state index contributed by atoms with van der Waals surface area (Å²) in [7, 11) is 0. The Kier molecular flexibility index (Phi) is 7.39. The first-order valence-electron chi connectivity index (χ1n) is 14.5. The largest absolute Gasteiger partial charge is 0.379 e. The van der Waals surface area contributed by atoms with Crippen molar-refractivity contribution in [2.45, 2.75) is 12.8 Å². The van der Waals surface area contributed by atoms with Gasteiger partial charge in [-0.05, 0) is 59.4 Å². The van der Waals surface area contributed by atoms with Crippen molar-refractivity contribution in [2.75, 3.05) is 39.6 Å². The molecule has 2 aromatic carbocycles. The molecule has 0 amide bonds. The maximum absolute atomic E-state index is 6.08. The molecule has 4 bridgehead atoms. The molecule has 206 valence electrons. The summed E-state index contributed by atoms with van der Waals surface area (Å²) in [5.74, 6) is 0. The maximum atomic E-state index is 6.08. The van der Waals surface area contributed by atoms with Crippen LogP contribution in [0.4, 0.5) is 0 Å². The summed E-state index contributed by atoms with van der Waals surface area (Å²) < 4.78 is 22.7. The second-order valence-corrected chi connectivity index (χ2v) is 10.4. The van der Waals surface area contributed by atoms with Crippen LogP contribution in [0, 0.1) is 0 Å². The van der Waals surface area contributed by atoms with E-state index in [9.17, 15) is 0 Å². The van der Waals surface area contributed by atoms with E-state index in [1.807, 2.05) is 0 Å². The summed E-state index contributed by atoms with van der Waals surface area (Å²) in [5, 5.41) is 0. The number of hydrogen-bond acceptors (Lipinski definition) is 3. The van der Waals surface area contributed by atoms with Crippen molar-refractivity contribution in [3.05, 3.63) is 121 Å². The lowest BCUT2D eigenvalue weighted by molar-refractivity contribution is 0.0157. The SMILES string of the molecule is c1ccc(-c2c3c4ccccn4c2-c2c(-c4ccccc4)c(c4ccccn24)CCOCCOCCOCC3)cc1. The van der Waals surface area contributed by atoms with E-state index in [4.69, 9.17) is 14.2 Å². The van der Waals surface area contributed by atoms with Crippen LogP contribution in [0.25, 0.3) is 44.7 Å². The fourth-order valence-corrected chi connectivity index (χ4v) is 6.24. The highest BCUT2D eigenvalue weighted by molar-refractivity contribution is 5.98. The fourth-order valence-electron chi connectivity index (χ4n) is 6.24. The lowest BCUT2D eigenvalue weighted by Crippen LogP contribution is -2.11. The second kappa shape index (κ2) is 11.8. The molecular formula is C36H34N2O3. The molecule has 5 nitrogen and oxygen atoms in total. The zero-order valence-electron chi connectivity index (χ0n) is 23.2. The lowest BCUT2D eigenvalue weighted by atomic mass is 9.93. The Balaban J connectivity index is 1.59. The van der Waals surface area contributed by atoms with Gasteiger partial charge >= 0.3 is 0 Å². The molecule has 0 aliphatic carbocycles. The zero-order valence-corrected chi connectivity index (χ0v) is 23.2. The van der Waals surface area contributed by atoms with Crippen LogP contribution in [0.3, 0.4) is 0 Å². The van der Waals surface area contributed by atoms with Crippen molar-refractivity contribution in [2.24, 2.45) is 0 Å². The van der Waals surface area contributed by atoms with Gasteiger partial charge in [0, 0.05) is 34.6 Å². The van der Waals surface area contributed by atoms with Crippen molar-refractivity contribution in [3.63, 3.8) is 0 Å². The predicted octanol–water partition coefficient (Wildman–Crippen LogP) is 7.34. The maximum Gasteiger partial charge on any atom is 0.0786 e. The van der Waals surface area contributed by atoms with Gasteiger partial charge < -0.3 is 23.0 Å². The Morgan fingerprint density at radius 2 is 0.805 bits per heavy atom. The van der Waals surface area contributed by atoms with Crippen LogP contribution in [-0.4, -0.2) is 48.4 Å². The number of rotatable bonds is 2. The summed E-state index contributed by atoms with van der Waals surface area (Å²) in [6.07, 6.45) is 6.01. The Labute approximate surface area is 240 Å². The number of benzene rings is 2. The number of pyridine rings is 2. The predicted molar refractivity (Wildman–Crippen MR) is 165 cm³/mol. The molecule has 0 saturated carbocycles. The third-order valence-corrected chi connectivity index (χ3v) is 7.98. The van der Waals surface area contributed by atoms with E-state index in [2.05, 4.69) is 118 Å². The average molecular weight is 543 g/mol. The third kappa shape index (κ3) is 4.87. The number of fused-ring (bicyclic) bond motifs is 11. The van der Waals surface area contributed by atoms with Crippen molar-refractivity contribution < 1.29 is 14.2 Å². The molecule has 0 spiro atoms. The molecule has 5 heteroatoms. The molecular weight excluding hydrogens is 508 g/mol. The summed E-state index contributed by atoms with van der Waals surface area (Å²) >= 11 is 0. The van der Waals surface area contributed by atoms with Crippen LogP contribution in [0.5, 0.6) is 0 Å². The summed E-state index contributed by atoms with van der Waals surface area (Å²) in [4.78, 5) is 0. The minimum atomic E-state index is 0.571. The molecule has 6 aromatic rings. The third-order valence-electron chi connectivity index (χ3n) is 7.98. The quantitative estimate of drug-likeness (QED) is 0.230. The van der Waals surface area contributed by atoms with E-state index in [1.165, 1.54) is 55.8 Å². The highest BCUT2D eigenvalue weighted by Gasteiger charge is 2.28.